The van der Waals surface area contributed by atoms with E-state index in [1.165, 1.54) is 22.9 Å². The molecule has 0 aliphatic carbocycles. The van der Waals surface area contributed by atoms with Crippen molar-refractivity contribution in [1.82, 2.24) is 9.78 Å². The van der Waals surface area contributed by atoms with E-state index in [-0.39, 0.29) is 18.1 Å². The predicted molar refractivity (Wildman–Crippen MR) is 86.9 cm³/mol. The minimum atomic E-state index is -0.477. The molecule has 3 rings (SSSR count). The van der Waals surface area contributed by atoms with E-state index in [1.54, 1.807) is 42.7 Å². The van der Waals surface area contributed by atoms with Crippen LogP contribution < -0.4 is 5.32 Å². The fourth-order valence-corrected chi connectivity index (χ4v) is 2.31. The molecule has 6 heteroatoms. The number of halogens is 2. The highest BCUT2D eigenvalue weighted by atomic mass is 19.1. The van der Waals surface area contributed by atoms with E-state index in [2.05, 4.69) is 10.4 Å². The highest BCUT2D eigenvalue weighted by molar-refractivity contribution is 5.90. The van der Waals surface area contributed by atoms with Crippen LogP contribution in [0.5, 0.6) is 0 Å². The Labute approximate surface area is 137 Å². The first-order valence-electron chi connectivity index (χ1n) is 7.46. The Balaban J connectivity index is 1.60. The van der Waals surface area contributed by atoms with Crippen LogP contribution in [0.1, 0.15) is 12.0 Å². The number of carbonyl (C=O) groups excluding carboxylic acids is 1. The Hall–Kier alpha value is -3.02. The average molecular weight is 327 g/mol. The van der Waals surface area contributed by atoms with Gasteiger partial charge in [-0.05, 0) is 48.4 Å². The van der Waals surface area contributed by atoms with Gasteiger partial charge in [-0.3, -0.25) is 4.79 Å². The lowest BCUT2D eigenvalue weighted by molar-refractivity contribution is -0.116. The van der Waals surface area contributed by atoms with Crippen molar-refractivity contribution in [3.63, 3.8) is 0 Å². The van der Waals surface area contributed by atoms with Crippen molar-refractivity contribution in [3.05, 3.63) is 78.1 Å². The summed E-state index contributed by atoms with van der Waals surface area (Å²) in [6, 6.07) is 12.1. The van der Waals surface area contributed by atoms with Gasteiger partial charge in [0, 0.05) is 24.5 Å². The van der Waals surface area contributed by atoms with Gasteiger partial charge in [-0.2, -0.15) is 5.10 Å². The number of nitrogens with zero attached hydrogens (tertiary/aromatic N) is 2. The summed E-state index contributed by atoms with van der Waals surface area (Å²) >= 11 is 0. The summed E-state index contributed by atoms with van der Waals surface area (Å²) in [5.74, 6) is -1.02. The van der Waals surface area contributed by atoms with Crippen LogP contribution in [0.15, 0.2) is 60.9 Å². The molecule has 0 bridgehead atoms. The summed E-state index contributed by atoms with van der Waals surface area (Å²) in [5.41, 5.74) is 1.56. The predicted octanol–water partition coefficient (Wildman–Crippen LogP) is 3.72. The number of hydrogen-bond donors (Lipinski definition) is 1. The summed E-state index contributed by atoms with van der Waals surface area (Å²) in [4.78, 5) is 12.0. The summed E-state index contributed by atoms with van der Waals surface area (Å²) in [6.07, 6.45) is 3.91. The second-order valence-corrected chi connectivity index (χ2v) is 5.29. The third-order valence-corrected chi connectivity index (χ3v) is 3.54. The minimum Gasteiger partial charge on any atom is -0.326 e. The summed E-state index contributed by atoms with van der Waals surface area (Å²) in [6.45, 7) is 0. The molecule has 3 aromatic rings. The van der Waals surface area contributed by atoms with Crippen molar-refractivity contribution in [1.29, 1.82) is 0 Å². The third kappa shape index (κ3) is 3.84. The Morgan fingerprint density at radius 2 is 1.92 bits per heavy atom. The lowest BCUT2D eigenvalue weighted by atomic mass is 10.1. The molecule has 0 spiro atoms. The molecular formula is C18H15F2N3O. The minimum absolute atomic E-state index is 0.230. The van der Waals surface area contributed by atoms with E-state index in [9.17, 15) is 13.6 Å². The zero-order valence-corrected chi connectivity index (χ0v) is 12.7. The topological polar surface area (TPSA) is 46.9 Å². The van der Waals surface area contributed by atoms with Crippen molar-refractivity contribution < 1.29 is 13.6 Å². The number of nitrogens with one attached hydrogen (secondary N) is 1. The van der Waals surface area contributed by atoms with Crippen LogP contribution in [0, 0.1) is 11.6 Å². The fraction of sp³-hybridized carbons (Fsp3) is 0.111. The number of hydrogen-bond acceptors (Lipinski definition) is 2. The first-order valence-corrected chi connectivity index (χ1v) is 7.46. The molecule has 0 aliphatic heterocycles. The largest absolute Gasteiger partial charge is 0.326 e. The number of benzene rings is 2. The molecule has 0 unspecified atom stereocenters. The van der Waals surface area contributed by atoms with Crippen molar-refractivity contribution >= 4 is 11.6 Å². The number of amides is 1. The fourth-order valence-electron chi connectivity index (χ4n) is 2.31. The molecule has 1 amide bonds. The number of anilines is 1. The molecule has 0 saturated carbocycles. The normalized spacial score (nSPS) is 10.6. The zero-order chi connectivity index (χ0) is 16.9. The SMILES string of the molecule is O=C(CCc1ccc(F)cc1)Nc1ccc(-n2cccn2)c(F)c1. The van der Waals surface area contributed by atoms with Gasteiger partial charge in [-0.15, -0.1) is 0 Å². The first kappa shape index (κ1) is 15.9. The molecule has 2 aromatic carbocycles. The van der Waals surface area contributed by atoms with Crippen LogP contribution >= 0.6 is 0 Å². The Kier molecular flexibility index (Phi) is 4.65. The van der Waals surface area contributed by atoms with Crippen molar-refractivity contribution in [2.24, 2.45) is 0 Å². The Morgan fingerprint density at radius 1 is 1.12 bits per heavy atom. The van der Waals surface area contributed by atoms with Gasteiger partial charge < -0.3 is 5.32 Å². The lowest BCUT2D eigenvalue weighted by Crippen LogP contribution is -2.12. The van der Waals surface area contributed by atoms with E-state index in [0.717, 1.165) is 5.56 Å². The smallest absolute Gasteiger partial charge is 0.224 e. The highest BCUT2D eigenvalue weighted by Gasteiger charge is 2.08. The Morgan fingerprint density at radius 3 is 2.58 bits per heavy atom. The van der Waals surface area contributed by atoms with Crippen LogP contribution in [0.4, 0.5) is 14.5 Å². The summed E-state index contributed by atoms with van der Waals surface area (Å²) in [5, 5.41) is 6.62. The lowest BCUT2D eigenvalue weighted by Gasteiger charge is -2.08. The highest BCUT2D eigenvalue weighted by Crippen LogP contribution is 2.18. The second-order valence-electron chi connectivity index (χ2n) is 5.29. The van der Waals surface area contributed by atoms with Gasteiger partial charge >= 0.3 is 0 Å². The van der Waals surface area contributed by atoms with E-state index < -0.39 is 5.82 Å². The van der Waals surface area contributed by atoms with Gasteiger partial charge in [0.15, 0.2) is 5.82 Å². The van der Waals surface area contributed by atoms with Gasteiger partial charge in [0.05, 0.1) is 0 Å². The van der Waals surface area contributed by atoms with Crippen LogP contribution in [-0.4, -0.2) is 15.7 Å². The van der Waals surface area contributed by atoms with Gasteiger partial charge in [-0.1, -0.05) is 12.1 Å². The average Bonchev–Trinajstić information content (AvgIpc) is 3.09. The summed E-state index contributed by atoms with van der Waals surface area (Å²) in [7, 11) is 0. The van der Waals surface area contributed by atoms with Crippen LogP contribution in [0.2, 0.25) is 0 Å². The van der Waals surface area contributed by atoms with Gasteiger partial charge in [0.25, 0.3) is 0 Å². The molecule has 1 aromatic heterocycles. The molecule has 0 atom stereocenters. The van der Waals surface area contributed by atoms with Gasteiger partial charge in [0.2, 0.25) is 5.91 Å². The first-order chi connectivity index (χ1) is 11.6. The molecule has 0 aliphatic rings. The van der Waals surface area contributed by atoms with E-state index >= 15 is 0 Å². The molecule has 24 heavy (non-hydrogen) atoms. The maximum atomic E-state index is 14.1. The van der Waals surface area contributed by atoms with Crippen molar-refractivity contribution in [3.8, 4) is 5.69 Å². The number of carbonyl (C=O) groups is 1. The van der Waals surface area contributed by atoms with Crippen molar-refractivity contribution in [2.45, 2.75) is 12.8 Å². The second kappa shape index (κ2) is 7.04. The quantitative estimate of drug-likeness (QED) is 0.776. The van der Waals surface area contributed by atoms with E-state index in [4.69, 9.17) is 0 Å². The van der Waals surface area contributed by atoms with Gasteiger partial charge in [-0.25, -0.2) is 13.5 Å². The maximum Gasteiger partial charge on any atom is 0.224 e. The molecule has 0 saturated heterocycles. The van der Waals surface area contributed by atoms with Crippen molar-refractivity contribution in [2.75, 3.05) is 5.32 Å². The number of aromatic nitrogens is 2. The Bertz CT molecular complexity index is 830. The number of rotatable bonds is 5. The number of aryl methyl sites for hydroxylation is 1. The van der Waals surface area contributed by atoms with E-state index in [0.29, 0.717) is 17.8 Å². The van der Waals surface area contributed by atoms with Crippen LogP contribution in [-0.2, 0) is 11.2 Å². The van der Waals surface area contributed by atoms with Crippen LogP contribution in [0.3, 0.4) is 0 Å². The molecule has 122 valence electrons. The third-order valence-electron chi connectivity index (χ3n) is 3.54. The maximum absolute atomic E-state index is 14.1. The monoisotopic (exact) mass is 327 g/mol. The summed E-state index contributed by atoms with van der Waals surface area (Å²) < 4.78 is 28.3. The molecule has 0 fully saturated rings. The standard InChI is InChI=1S/C18H15F2N3O/c19-14-5-2-13(3-6-14)4-9-18(24)22-15-7-8-17(16(20)12-15)23-11-1-10-21-23/h1-3,5-8,10-12H,4,9H2,(H,22,24). The van der Waals surface area contributed by atoms with E-state index in [1.807, 2.05) is 0 Å². The van der Waals surface area contributed by atoms with Gasteiger partial charge in [0.1, 0.15) is 11.5 Å². The zero-order valence-electron chi connectivity index (χ0n) is 12.7. The molecule has 1 N–H and O–H groups in total. The molecular weight excluding hydrogens is 312 g/mol. The molecule has 0 radical (unpaired) electrons. The molecule has 4 nitrogen and oxygen atoms in total. The molecule has 1 heterocycles. The van der Waals surface area contributed by atoms with Crippen LogP contribution in [0.25, 0.3) is 5.69 Å².